The van der Waals surface area contributed by atoms with E-state index in [4.69, 9.17) is 0 Å². The molecule has 17 heavy (non-hydrogen) atoms. The Bertz CT molecular complexity index is 406. The summed E-state index contributed by atoms with van der Waals surface area (Å²) in [5.41, 5.74) is 3.92. The molecule has 0 saturated carbocycles. The molecule has 0 bridgehead atoms. The third-order valence-corrected chi connectivity index (χ3v) is 3.54. The summed E-state index contributed by atoms with van der Waals surface area (Å²) >= 11 is 1.70. The van der Waals surface area contributed by atoms with Crippen LogP contribution in [0.2, 0.25) is 0 Å². The summed E-state index contributed by atoms with van der Waals surface area (Å²) in [7, 11) is 0. The lowest BCUT2D eigenvalue weighted by molar-refractivity contribution is -0.120. The molecule has 0 atom stereocenters. The maximum absolute atomic E-state index is 11.5. The molecule has 1 amide bonds. The second-order valence-corrected chi connectivity index (χ2v) is 5.21. The molecule has 0 fully saturated rings. The van der Waals surface area contributed by atoms with Crippen molar-refractivity contribution in [1.82, 2.24) is 10.6 Å². The van der Waals surface area contributed by atoms with E-state index in [1.165, 1.54) is 16.7 Å². The zero-order valence-corrected chi connectivity index (χ0v) is 10.9. The van der Waals surface area contributed by atoms with Crippen molar-refractivity contribution < 1.29 is 4.79 Å². The van der Waals surface area contributed by atoms with Gasteiger partial charge in [0.1, 0.15) is 0 Å². The Morgan fingerprint density at radius 1 is 1.41 bits per heavy atom. The zero-order chi connectivity index (χ0) is 12.1. The summed E-state index contributed by atoms with van der Waals surface area (Å²) < 4.78 is 0. The van der Waals surface area contributed by atoms with Crippen molar-refractivity contribution in [2.24, 2.45) is 0 Å². The third-order valence-electron chi connectivity index (χ3n) is 2.92. The third kappa shape index (κ3) is 3.48. The standard InChI is InChI=1S/C13H18N2OS/c1-17-5-4-13(16)15-7-10-2-3-11-8-14-9-12(11)6-10/h2-3,6,14H,4-5,7-9H2,1H3,(H,15,16). The van der Waals surface area contributed by atoms with Crippen molar-refractivity contribution in [3.05, 3.63) is 34.9 Å². The Morgan fingerprint density at radius 3 is 3.06 bits per heavy atom. The van der Waals surface area contributed by atoms with Gasteiger partial charge in [-0.05, 0) is 22.9 Å². The van der Waals surface area contributed by atoms with E-state index in [-0.39, 0.29) is 5.91 Å². The number of fused-ring (bicyclic) bond motifs is 1. The van der Waals surface area contributed by atoms with Gasteiger partial charge in [0, 0.05) is 31.8 Å². The largest absolute Gasteiger partial charge is 0.352 e. The lowest BCUT2D eigenvalue weighted by Gasteiger charge is -2.06. The minimum absolute atomic E-state index is 0.137. The number of thioether (sulfide) groups is 1. The fourth-order valence-electron chi connectivity index (χ4n) is 1.94. The number of rotatable bonds is 5. The van der Waals surface area contributed by atoms with Crippen LogP contribution < -0.4 is 10.6 Å². The molecular weight excluding hydrogens is 232 g/mol. The maximum atomic E-state index is 11.5. The van der Waals surface area contributed by atoms with Crippen LogP contribution in [0.15, 0.2) is 18.2 Å². The molecule has 1 aromatic rings. The van der Waals surface area contributed by atoms with Crippen LogP contribution >= 0.6 is 11.8 Å². The first-order valence-corrected chi connectivity index (χ1v) is 7.26. The number of benzene rings is 1. The predicted molar refractivity (Wildman–Crippen MR) is 71.8 cm³/mol. The predicted octanol–water partition coefficient (Wildman–Crippen LogP) is 1.66. The van der Waals surface area contributed by atoms with Gasteiger partial charge in [-0.2, -0.15) is 11.8 Å². The molecule has 1 aliphatic rings. The molecule has 3 nitrogen and oxygen atoms in total. The number of carbonyl (C=O) groups excluding carboxylic acids is 1. The Balaban J connectivity index is 1.85. The van der Waals surface area contributed by atoms with Crippen molar-refractivity contribution in [1.29, 1.82) is 0 Å². The minimum Gasteiger partial charge on any atom is -0.352 e. The Morgan fingerprint density at radius 2 is 2.24 bits per heavy atom. The van der Waals surface area contributed by atoms with Crippen LogP contribution in [0.1, 0.15) is 23.1 Å². The van der Waals surface area contributed by atoms with Gasteiger partial charge < -0.3 is 10.6 Å². The molecule has 0 saturated heterocycles. The highest BCUT2D eigenvalue weighted by molar-refractivity contribution is 7.98. The molecule has 0 radical (unpaired) electrons. The van der Waals surface area contributed by atoms with E-state index in [1.54, 1.807) is 11.8 Å². The first kappa shape index (κ1) is 12.5. The van der Waals surface area contributed by atoms with E-state index in [2.05, 4.69) is 28.8 Å². The average molecular weight is 250 g/mol. The van der Waals surface area contributed by atoms with Crippen molar-refractivity contribution in [2.75, 3.05) is 12.0 Å². The van der Waals surface area contributed by atoms with Crippen LogP contribution in [-0.4, -0.2) is 17.9 Å². The molecule has 0 unspecified atom stereocenters. The molecular formula is C13H18N2OS. The van der Waals surface area contributed by atoms with Crippen molar-refractivity contribution >= 4 is 17.7 Å². The van der Waals surface area contributed by atoms with Crippen LogP contribution in [-0.2, 0) is 24.4 Å². The smallest absolute Gasteiger partial charge is 0.221 e. The topological polar surface area (TPSA) is 41.1 Å². The fraction of sp³-hybridized carbons (Fsp3) is 0.462. The van der Waals surface area contributed by atoms with E-state index in [1.807, 2.05) is 6.26 Å². The lowest BCUT2D eigenvalue weighted by atomic mass is 10.1. The molecule has 4 heteroatoms. The van der Waals surface area contributed by atoms with Crippen molar-refractivity contribution in [3.63, 3.8) is 0 Å². The molecule has 0 aromatic heterocycles. The van der Waals surface area contributed by atoms with E-state index >= 15 is 0 Å². The first-order valence-electron chi connectivity index (χ1n) is 5.86. The quantitative estimate of drug-likeness (QED) is 0.835. The Hall–Kier alpha value is -1.00. The number of carbonyl (C=O) groups is 1. The number of amides is 1. The molecule has 1 aliphatic heterocycles. The normalized spacial score (nSPS) is 13.5. The zero-order valence-electron chi connectivity index (χ0n) is 10.1. The van der Waals surface area contributed by atoms with E-state index in [0.29, 0.717) is 13.0 Å². The van der Waals surface area contributed by atoms with Gasteiger partial charge in [-0.3, -0.25) is 4.79 Å². The van der Waals surface area contributed by atoms with Gasteiger partial charge in [-0.25, -0.2) is 0 Å². The van der Waals surface area contributed by atoms with Gasteiger partial charge >= 0.3 is 0 Å². The van der Waals surface area contributed by atoms with E-state index < -0.39 is 0 Å². The number of nitrogens with one attached hydrogen (secondary N) is 2. The van der Waals surface area contributed by atoms with Gasteiger partial charge in [0.05, 0.1) is 0 Å². The first-order chi connectivity index (χ1) is 8.29. The van der Waals surface area contributed by atoms with Crippen LogP contribution in [0.25, 0.3) is 0 Å². The minimum atomic E-state index is 0.137. The van der Waals surface area contributed by atoms with Gasteiger partial charge in [0.25, 0.3) is 0 Å². The molecule has 2 N–H and O–H groups in total. The van der Waals surface area contributed by atoms with Crippen molar-refractivity contribution in [3.8, 4) is 0 Å². The molecule has 0 spiro atoms. The lowest BCUT2D eigenvalue weighted by Crippen LogP contribution is -2.23. The Labute approximate surface area is 106 Å². The summed E-state index contributed by atoms with van der Waals surface area (Å²) in [5.74, 6) is 1.03. The van der Waals surface area contributed by atoms with Crippen LogP contribution in [0, 0.1) is 0 Å². The highest BCUT2D eigenvalue weighted by Gasteiger charge is 2.10. The average Bonchev–Trinajstić information content (AvgIpc) is 2.81. The van der Waals surface area contributed by atoms with Crippen molar-refractivity contribution in [2.45, 2.75) is 26.1 Å². The molecule has 1 heterocycles. The number of hydrogen-bond donors (Lipinski definition) is 2. The van der Waals surface area contributed by atoms with Gasteiger partial charge in [-0.1, -0.05) is 18.2 Å². The second kappa shape index (κ2) is 6.07. The monoisotopic (exact) mass is 250 g/mol. The van der Waals surface area contributed by atoms with Gasteiger partial charge in [0.15, 0.2) is 0 Å². The van der Waals surface area contributed by atoms with E-state index in [0.717, 1.165) is 18.8 Å². The fourth-order valence-corrected chi connectivity index (χ4v) is 2.33. The van der Waals surface area contributed by atoms with Crippen LogP contribution in [0.4, 0.5) is 0 Å². The number of hydrogen-bond acceptors (Lipinski definition) is 3. The van der Waals surface area contributed by atoms with E-state index in [9.17, 15) is 4.79 Å². The van der Waals surface area contributed by atoms with Crippen LogP contribution in [0.5, 0.6) is 0 Å². The summed E-state index contributed by atoms with van der Waals surface area (Å²) in [6, 6.07) is 6.43. The Kier molecular flexibility index (Phi) is 4.45. The SMILES string of the molecule is CSCCC(=O)NCc1ccc2c(c1)CNC2. The highest BCUT2D eigenvalue weighted by atomic mass is 32.2. The van der Waals surface area contributed by atoms with Crippen LogP contribution in [0.3, 0.4) is 0 Å². The summed E-state index contributed by atoms with van der Waals surface area (Å²) in [6.07, 6.45) is 2.62. The highest BCUT2D eigenvalue weighted by Crippen LogP contribution is 2.16. The maximum Gasteiger partial charge on any atom is 0.221 e. The summed E-state index contributed by atoms with van der Waals surface area (Å²) in [4.78, 5) is 11.5. The summed E-state index contributed by atoms with van der Waals surface area (Å²) in [5, 5.41) is 6.27. The van der Waals surface area contributed by atoms with Gasteiger partial charge in [0.2, 0.25) is 5.91 Å². The molecule has 92 valence electrons. The molecule has 1 aromatic carbocycles. The van der Waals surface area contributed by atoms with Gasteiger partial charge in [-0.15, -0.1) is 0 Å². The molecule has 0 aliphatic carbocycles. The summed E-state index contributed by atoms with van der Waals surface area (Å²) in [6.45, 7) is 2.56. The molecule has 2 rings (SSSR count). The second-order valence-electron chi connectivity index (χ2n) is 4.23.